The van der Waals surface area contributed by atoms with Crippen LogP contribution in [0.4, 0.5) is 22.0 Å². The number of amides is 1. The van der Waals surface area contributed by atoms with Crippen LogP contribution in [0.1, 0.15) is 16.8 Å². The quantitative estimate of drug-likeness (QED) is 0.358. The van der Waals surface area contributed by atoms with Gasteiger partial charge in [0, 0.05) is 36.0 Å². The van der Waals surface area contributed by atoms with Crippen LogP contribution in [-0.4, -0.2) is 63.1 Å². The molecule has 0 aliphatic carbocycles. The first-order valence-electron chi connectivity index (χ1n) is 11.0. The highest BCUT2D eigenvalue weighted by Crippen LogP contribution is 2.33. The highest BCUT2D eigenvalue weighted by atomic mass is 19.4. The van der Waals surface area contributed by atoms with E-state index in [4.69, 9.17) is 14.6 Å². The summed E-state index contributed by atoms with van der Waals surface area (Å²) >= 11 is 0. The van der Waals surface area contributed by atoms with Crippen LogP contribution in [0, 0.1) is 0 Å². The number of aromatic amines is 1. The Morgan fingerprint density at radius 1 is 1.03 bits per heavy atom. The Labute approximate surface area is 206 Å². The highest BCUT2D eigenvalue weighted by Gasteiger charge is 2.47. The third-order valence-electron chi connectivity index (χ3n) is 5.76. The molecule has 0 spiro atoms. The van der Waals surface area contributed by atoms with Crippen LogP contribution in [0.25, 0.3) is 21.8 Å². The average molecular weight is 521 g/mol. The third kappa shape index (κ3) is 5.79. The van der Waals surface area contributed by atoms with Crippen LogP contribution in [0.2, 0.25) is 0 Å². The van der Waals surface area contributed by atoms with E-state index in [0.717, 1.165) is 10.8 Å². The van der Waals surface area contributed by atoms with Gasteiger partial charge in [-0.05, 0) is 24.3 Å². The van der Waals surface area contributed by atoms with Crippen LogP contribution >= 0.6 is 0 Å². The third-order valence-corrected chi connectivity index (χ3v) is 5.76. The SMILES string of the molecule is O=C(O)C(F)(F)F.O=C(c1cccc2cc[nH]c12)N1CCC(F)(F)C(Oc2ccc3ccccc3n2)C1. The molecule has 0 bridgehead atoms. The smallest absolute Gasteiger partial charge is 0.475 e. The molecular weight excluding hydrogens is 501 g/mol. The maximum absolute atomic E-state index is 14.6. The number of fused-ring (bicyclic) bond motifs is 2. The lowest BCUT2D eigenvalue weighted by molar-refractivity contribution is -0.192. The molecule has 3 heterocycles. The normalized spacial score (nSPS) is 17.2. The number of halogens is 5. The van der Waals surface area contributed by atoms with Gasteiger partial charge in [0.1, 0.15) is 0 Å². The number of alkyl halides is 5. The Bertz CT molecular complexity index is 1440. The molecule has 7 nitrogen and oxygen atoms in total. The highest BCUT2D eigenvalue weighted by molar-refractivity contribution is 6.05. The van der Waals surface area contributed by atoms with Crippen molar-refractivity contribution in [2.45, 2.75) is 24.6 Å². The summed E-state index contributed by atoms with van der Waals surface area (Å²) in [5, 5.41) is 8.92. The number of nitrogens with zero attached hydrogens (tertiary/aromatic N) is 2. The fourth-order valence-electron chi connectivity index (χ4n) is 3.87. The van der Waals surface area contributed by atoms with Crippen LogP contribution in [0.3, 0.4) is 0 Å². The number of nitrogens with one attached hydrogen (secondary N) is 1. The van der Waals surface area contributed by atoms with Gasteiger partial charge in [0.15, 0.2) is 6.10 Å². The molecule has 4 aromatic rings. The number of piperidine rings is 1. The van der Waals surface area contributed by atoms with Gasteiger partial charge in [-0.3, -0.25) is 4.79 Å². The number of ether oxygens (including phenoxy) is 1. The Morgan fingerprint density at radius 3 is 2.46 bits per heavy atom. The number of pyridine rings is 1. The summed E-state index contributed by atoms with van der Waals surface area (Å²) in [5.41, 5.74) is 1.83. The minimum absolute atomic E-state index is 0.0338. The van der Waals surface area contributed by atoms with Crippen LogP contribution < -0.4 is 4.74 Å². The number of carbonyl (C=O) groups is 2. The largest absolute Gasteiger partial charge is 0.490 e. The van der Waals surface area contributed by atoms with Gasteiger partial charge in [-0.15, -0.1) is 0 Å². The Balaban J connectivity index is 0.000000405. The number of rotatable bonds is 3. The zero-order valence-corrected chi connectivity index (χ0v) is 19.0. The molecule has 1 saturated heterocycles. The van der Waals surface area contributed by atoms with Crippen molar-refractivity contribution in [1.29, 1.82) is 0 Å². The molecular formula is C25H20F5N3O4. The van der Waals surface area contributed by atoms with E-state index in [9.17, 15) is 26.7 Å². The molecule has 0 radical (unpaired) electrons. The summed E-state index contributed by atoms with van der Waals surface area (Å²) in [6.45, 7) is -0.245. The van der Waals surface area contributed by atoms with Gasteiger partial charge in [0.25, 0.3) is 11.8 Å². The number of carbonyl (C=O) groups excluding carboxylic acids is 1. The van der Waals surface area contributed by atoms with Gasteiger partial charge in [0.05, 0.1) is 23.1 Å². The lowest BCUT2D eigenvalue weighted by Gasteiger charge is -2.38. The molecule has 5 rings (SSSR count). The number of benzene rings is 2. The summed E-state index contributed by atoms with van der Waals surface area (Å²) in [5.74, 6) is -5.98. The maximum Gasteiger partial charge on any atom is 0.490 e. The second-order valence-corrected chi connectivity index (χ2v) is 8.26. The van der Waals surface area contributed by atoms with Crippen molar-refractivity contribution >= 4 is 33.7 Å². The average Bonchev–Trinajstić information content (AvgIpc) is 3.34. The lowest BCUT2D eigenvalue weighted by atomic mass is 10.0. The van der Waals surface area contributed by atoms with E-state index in [1.54, 1.807) is 36.5 Å². The number of carboxylic acid groups (broad SMARTS) is 1. The fourth-order valence-corrected chi connectivity index (χ4v) is 3.87. The minimum atomic E-state index is -5.08. The van der Waals surface area contributed by atoms with Crippen LogP contribution in [0.15, 0.2) is 66.9 Å². The van der Waals surface area contributed by atoms with Crippen molar-refractivity contribution in [1.82, 2.24) is 14.9 Å². The summed E-state index contributed by atoms with van der Waals surface area (Å²) in [4.78, 5) is 30.8. The van der Waals surface area contributed by atoms with Crippen molar-refractivity contribution in [2.24, 2.45) is 0 Å². The number of aromatic nitrogens is 2. The molecule has 1 atom stereocenters. The van der Waals surface area contributed by atoms with Crippen molar-refractivity contribution in [3.63, 3.8) is 0 Å². The standard InChI is InChI=1S/C23H19F2N3O2.C2HF3O2/c24-23(25)11-13-28(22(29)17-6-3-5-16-10-12-26-21(16)17)14-19(23)30-20-9-8-15-4-1-2-7-18(15)27-20;3-2(4,5)1(6)7/h1-10,12,19,26H,11,13-14H2;(H,6,7). The number of likely N-dealkylation sites (tertiary alicyclic amines) is 1. The van der Waals surface area contributed by atoms with E-state index in [2.05, 4.69) is 9.97 Å². The molecule has 2 N–H and O–H groups in total. The molecule has 12 heteroatoms. The second-order valence-electron chi connectivity index (χ2n) is 8.26. The van der Waals surface area contributed by atoms with Gasteiger partial charge in [-0.2, -0.15) is 13.2 Å². The van der Waals surface area contributed by atoms with Gasteiger partial charge in [0.2, 0.25) is 5.88 Å². The van der Waals surface area contributed by atoms with Gasteiger partial charge < -0.3 is 19.7 Å². The first-order valence-corrected chi connectivity index (χ1v) is 11.0. The molecule has 37 heavy (non-hydrogen) atoms. The molecule has 1 amide bonds. The number of H-pyrrole nitrogens is 1. The number of aliphatic carboxylic acids is 1. The summed E-state index contributed by atoms with van der Waals surface area (Å²) in [6, 6.07) is 18.0. The number of para-hydroxylation sites is 2. The summed E-state index contributed by atoms with van der Waals surface area (Å²) in [6.07, 6.45) is -5.26. The monoisotopic (exact) mass is 521 g/mol. The van der Waals surface area contributed by atoms with E-state index in [-0.39, 0.29) is 24.9 Å². The zero-order valence-electron chi connectivity index (χ0n) is 19.0. The molecule has 2 aromatic heterocycles. The minimum Gasteiger partial charge on any atom is -0.475 e. The molecule has 1 aliphatic rings. The van der Waals surface area contributed by atoms with Crippen LogP contribution in [-0.2, 0) is 4.79 Å². The van der Waals surface area contributed by atoms with Crippen molar-refractivity contribution in [2.75, 3.05) is 13.1 Å². The van der Waals surface area contributed by atoms with Crippen molar-refractivity contribution in [3.8, 4) is 5.88 Å². The molecule has 1 aliphatic heterocycles. The van der Waals surface area contributed by atoms with Gasteiger partial charge >= 0.3 is 12.1 Å². The Kier molecular flexibility index (Phi) is 7.01. The zero-order chi connectivity index (χ0) is 26.8. The Morgan fingerprint density at radius 2 is 1.73 bits per heavy atom. The Hall–Kier alpha value is -4.22. The number of hydrogen-bond acceptors (Lipinski definition) is 4. The molecule has 1 unspecified atom stereocenters. The van der Waals surface area contributed by atoms with E-state index in [1.807, 2.05) is 30.3 Å². The molecule has 0 saturated carbocycles. The first-order chi connectivity index (χ1) is 17.5. The lowest BCUT2D eigenvalue weighted by Crippen LogP contribution is -2.55. The molecule has 1 fully saturated rings. The van der Waals surface area contributed by atoms with E-state index < -0.39 is 30.6 Å². The van der Waals surface area contributed by atoms with Gasteiger partial charge in [-0.1, -0.05) is 30.3 Å². The number of carboxylic acids is 1. The summed E-state index contributed by atoms with van der Waals surface area (Å²) < 4.78 is 66.6. The second kappa shape index (κ2) is 10.0. The maximum atomic E-state index is 14.6. The van der Waals surface area contributed by atoms with Crippen molar-refractivity contribution < 1.29 is 41.4 Å². The summed E-state index contributed by atoms with van der Waals surface area (Å²) in [7, 11) is 0. The predicted molar refractivity (Wildman–Crippen MR) is 124 cm³/mol. The van der Waals surface area contributed by atoms with E-state index >= 15 is 0 Å². The topological polar surface area (TPSA) is 95.5 Å². The molecule has 2 aromatic carbocycles. The van der Waals surface area contributed by atoms with Crippen LogP contribution in [0.5, 0.6) is 5.88 Å². The van der Waals surface area contributed by atoms with Gasteiger partial charge in [-0.25, -0.2) is 18.6 Å². The van der Waals surface area contributed by atoms with E-state index in [1.165, 1.54) is 4.90 Å². The predicted octanol–water partition coefficient (Wildman–Crippen LogP) is 5.28. The fraction of sp³-hybridized carbons (Fsp3) is 0.240. The first kappa shape index (κ1) is 25.9. The van der Waals surface area contributed by atoms with Crippen molar-refractivity contribution in [3.05, 3.63) is 72.4 Å². The molecule has 194 valence electrons. The number of hydrogen-bond donors (Lipinski definition) is 2. The van der Waals surface area contributed by atoms with E-state index in [0.29, 0.717) is 16.6 Å².